The van der Waals surface area contributed by atoms with Crippen LogP contribution in [0.5, 0.6) is 5.75 Å². The van der Waals surface area contributed by atoms with Gasteiger partial charge < -0.3 is 10.1 Å². The predicted molar refractivity (Wildman–Crippen MR) is 95.8 cm³/mol. The lowest BCUT2D eigenvalue weighted by atomic mass is 10.1. The number of pyridine rings is 1. The molecule has 0 aliphatic rings. The first kappa shape index (κ1) is 16.1. The maximum Gasteiger partial charge on any atom is 0.256 e. The van der Waals surface area contributed by atoms with Gasteiger partial charge in [0.2, 0.25) is 0 Å². The van der Waals surface area contributed by atoms with Crippen LogP contribution in [0.4, 0.5) is 5.82 Å². The lowest BCUT2D eigenvalue weighted by Crippen LogP contribution is -2.14. The third-order valence-electron chi connectivity index (χ3n) is 3.49. The Morgan fingerprint density at radius 3 is 2.71 bits per heavy atom. The number of thiazole rings is 1. The van der Waals surface area contributed by atoms with Crippen molar-refractivity contribution in [3.63, 3.8) is 0 Å². The Morgan fingerprint density at radius 2 is 2.00 bits per heavy atom. The molecule has 0 fully saturated rings. The van der Waals surface area contributed by atoms with Gasteiger partial charge in [0.05, 0.1) is 17.8 Å². The van der Waals surface area contributed by atoms with Crippen LogP contribution >= 0.6 is 11.3 Å². The van der Waals surface area contributed by atoms with Crippen LogP contribution in [-0.2, 0) is 0 Å². The molecule has 0 unspecified atom stereocenters. The standard InChI is InChI=1S/C18H17N3O2S/c1-11-7-8-16(23-3)17(19-11)21-18(22)14-6-4-5-13(9-14)15-10-24-12(2)20-15/h4-10H,1-3H3,(H,19,21,22). The van der Waals surface area contributed by atoms with Gasteiger partial charge in [0, 0.05) is 22.2 Å². The Balaban J connectivity index is 1.87. The van der Waals surface area contributed by atoms with Crippen molar-refractivity contribution in [2.75, 3.05) is 12.4 Å². The highest BCUT2D eigenvalue weighted by Gasteiger charge is 2.13. The van der Waals surface area contributed by atoms with Crippen LogP contribution < -0.4 is 10.1 Å². The molecule has 122 valence electrons. The highest BCUT2D eigenvalue weighted by Crippen LogP contribution is 2.25. The molecule has 5 nitrogen and oxygen atoms in total. The second-order valence-corrected chi connectivity index (χ2v) is 6.35. The molecular weight excluding hydrogens is 322 g/mol. The summed E-state index contributed by atoms with van der Waals surface area (Å²) in [4.78, 5) is 21.3. The lowest BCUT2D eigenvalue weighted by Gasteiger charge is -2.10. The molecule has 3 rings (SSSR count). The number of aromatic nitrogens is 2. The number of rotatable bonds is 4. The molecule has 0 atom stereocenters. The molecule has 2 heterocycles. The zero-order chi connectivity index (χ0) is 17.1. The number of methoxy groups -OCH3 is 1. The average Bonchev–Trinajstić information content (AvgIpc) is 3.02. The first-order valence-electron chi connectivity index (χ1n) is 7.42. The van der Waals surface area contributed by atoms with Gasteiger partial charge in [-0.2, -0.15) is 0 Å². The molecule has 6 heteroatoms. The van der Waals surface area contributed by atoms with Gasteiger partial charge in [0.15, 0.2) is 11.6 Å². The van der Waals surface area contributed by atoms with Crippen molar-refractivity contribution in [3.8, 4) is 17.0 Å². The molecule has 0 aliphatic heterocycles. The molecule has 3 aromatic rings. The molecular formula is C18H17N3O2S. The average molecular weight is 339 g/mol. The van der Waals surface area contributed by atoms with E-state index in [4.69, 9.17) is 4.74 Å². The van der Waals surface area contributed by atoms with Crippen LogP contribution in [0.15, 0.2) is 41.8 Å². The number of nitrogens with zero attached hydrogens (tertiary/aromatic N) is 2. The molecule has 1 amide bonds. The Labute approximate surface area is 144 Å². The first-order chi connectivity index (χ1) is 11.6. The molecule has 1 aromatic carbocycles. The van der Waals surface area contributed by atoms with E-state index in [1.165, 1.54) is 0 Å². The number of hydrogen-bond acceptors (Lipinski definition) is 5. The van der Waals surface area contributed by atoms with Crippen molar-refractivity contribution >= 4 is 23.1 Å². The second-order valence-electron chi connectivity index (χ2n) is 5.29. The van der Waals surface area contributed by atoms with Gasteiger partial charge in [-0.1, -0.05) is 12.1 Å². The molecule has 0 saturated carbocycles. The summed E-state index contributed by atoms with van der Waals surface area (Å²) < 4.78 is 5.25. The Morgan fingerprint density at radius 1 is 1.17 bits per heavy atom. The minimum atomic E-state index is -0.236. The monoisotopic (exact) mass is 339 g/mol. The number of hydrogen-bond donors (Lipinski definition) is 1. The van der Waals surface area contributed by atoms with Gasteiger partial charge in [-0.15, -0.1) is 11.3 Å². The van der Waals surface area contributed by atoms with Gasteiger partial charge in [-0.25, -0.2) is 9.97 Å². The van der Waals surface area contributed by atoms with E-state index >= 15 is 0 Å². The van der Waals surface area contributed by atoms with Crippen molar-refractivity contribution in [1.29, 1.82) is 0 Å². The Hall–Kier alpha value is -2.73. The summed E-state index contributed by atoms with van der Waals surface area (Å²) in [6.45, 7) is 3.82. The van der Waals surface area contributed by atoms with E-state index in [9.17, 15) is 4.79 Å². The maximum atomic E-state index is 12.6. The van der Waals surface area contributed by atoms with E-state index in [0.29, 0.717) is 17.1 Å². The summed E-state index contributed by atoms with van der Waals surface area (Å²) in [6, 6.07) is 11.0. The molecule has 0 saturated heterocycles. The molecule has 0 bridgehead atoms. The van der Waals surface area contributed by atoms with E-state index < -0.39 is 0 Å². The number of carbonyl (C=O) groups is 1. The second kappa shape index (κ2) is 6.80. The van der Waals surface area contributed by atoms with Crippen LogP contribution in [0.1, 0.15) is 21.1 Å². The predicted octanol–water partition coefficient (Wildman–Crippen LogP) is 4.08. The molecule has 24 heavy (non-hydrogen) atoms. The zero-order valence-corrected chi connectivity index (χ0v) is 14.5. The van der Waals surface area contributed by atoms with Gasteiger partial charge in [-0.05, 0) is 38.1 Å². The normalized spacial score (nSPS) is 10.5. The molecule has 0 radical (unpaired) electrons. The first-order valence-corrected chi connectivity index (χ1v) is 8.30. The Kier molecular flexibility index (Phi) is 4.57. The van der Waals surface area contributed by atoms with Crippen molar-refractivity contribution in [2.24, 2.45) is 0 Å². The van der Waals surface area contributed by atoms with Crippen LogP contribution in [0, 0.1) is 13.8 Å². The van der Waals surface area contributed by atoms with E-state index in [1.807, 2.05) is 43.5 Å². The molecule has 2 aromatic heterocycles. The number of ether oxygens (including phenoxy) is 1. The van der Waals surface area contributed by atoms with Gasteiger partial charge in [-0.3, -0.25) is 4.79 Å². The van der Waals surface area contributed by atoms with Gasteiger partial charge in [0.1, 0.15) is 0 Å². The lowest BCUT2D eigenvalue weighted by molar-refractivity contribution is 0.102. The molecule has 0 spiro atoms. The minimum Gasteiger partial charge on any atom is -0.493 e. The van der Waals surface area contributed by atoms with E-state index in [2.05, 4.69) is 15.3 Å². The largest absolute Gasteiger partial charge is 0.493 e. The summed E-state index contributed by atoms with van der Waals surface area (Å²) in [7, 11) is 1.55. The third-order valence-corrected chi connectivity index (χ3v) is 4.26. The topological polar surface area (TPSA) is 64.1 Å². The maximum absolute atomic E-state index is 12.6. The van der Waals surface area contributed by atoms with Crippen LogP contribution in [0.25, 0.3) is 11.3 Å². The van der Waals surface area contributed by atoms with Crippen molar-refractivity contribution in [1.82, 2.24) is 9.97 Å². The van der Waals surface area contributed by atoms with Crippen LogP contribution in [0.2, 0.25) is 0 Å². The summed E-state index contributed by atoms with van der Waals surface area (Å²) in [6.07, 6.45) is 0. The fraction of sp³-hybridized carbons (Fsp3) is 0.167. The fourth-order valence-electron chi connectivity index (χ4n) is 2.29. The summed E-state index contributed by atoms with van der Waals surface area (Å²) in [5.74, 6) is 0.706. The number of amides is 1. The van der Waals surface area contributed by atoms with Crippen molar-refractivity contribution < 1.29 is 9.53 Å². The van der Waals surface area contributed by atoms with Crippen LogP contribution in [-0.4, -0.2) is 23.0 Å². The highest BCUT2D eigenvalue weighted by atomic mass is 32.1. The number of aryl methyl sites for hydroxylation is 2. The fourth-order valence-corrected chi connectivity index (χ4v) is 2.92. The van der Waals surface area contributed by atoms with Gasteiger partial charge in [0.25, 0.3) is 5.91 Å². The number of nitrogens with one attached hydrogen (secondary N) is 1. The van der Waals surface area contributed by atoms with Gasteiger partial charge >= 0.3 is 0 Å². The minimum absolute atomic E-state index is 0.236. The Bertz CT molecular complexity index is 889. The van der Waals surface area contributed by atoms with E-state index in [-0.39, 0.29) is 5.91 Å². The SMILES string of the molecule is COc1ccc(C)nc1NC(=O)c1cccc(-c2csc(C)n2)c1. The summed E-state index contributed by atoms with van der Waals surface area (Å²) >= 11 is 1.58. The molecule has 1 N–H and O–H groups in total. The van der Waals surface area contributed by atoms with Crippen molar-refractivity contribution in [2.45, 2.75) is 13.8 Å². The quantitative estimate of drug-likeness (QED) is 0.778. The number of carbonyl (C=O) groups excluding carboxylic acids is 1. The van der Waals surface area contributed by atoms with E-state index in [0.717, 1.165) is 22.0 Å². The highest BCUT2D eigenvalue weighted by molar-refractivity contribution is 7.09. The summed E-state index contributed by atoms with van der Waals surface area (Å²) in [5.41, 5.74) is 3.14. The third kappa shape index (κ3) is 3.44. The van der Waals surface area contributed by atoms with Crippen molar-refractivity contribution in [3.05, 3.63) is 58.0 Å². The van der Waals surface area contributed by atoms with Crippen LogP contribution in [0.3, 0.4) is 0 Å². The van der Waals surface area contributed by atoms with E-state index in [1.54, 1.807) is 30.6 Å². The zero-order valence-electron chi connectivity index (χ0n) is 13.7. The summed E-state index contributed by atoms with van der Waals surface area (Å²) in [5, 5.41) is 5.79. The number of benzene rings is 1. The smallest absolute Gasteiger partial charge is 0.256 e. The number of anilines is 1. The molecule has 0 aliphatic carbocycles.